The van der Waals surface area contributed by atoms with Gasteiger partial charge in [0.15, 0.2) is 0 Å². The van der Waals surface area contributed by atoms with Gasteiger partial charge in [-0.1, -0.05) is 0 Å². The molecule has 0 aliphatic carbocycles. The van der Waals surface area contributed by atoms with E-state index < -0.39 is 31.0 Å². The second-order valence-electron chi connectivity index (χ2n) is 3.89. The first kappa shape index (κ1) is 26.2. The van der Waals surface area contributed by atoms with Gasteiger partial charge in [-0.05, 0) is 0 Å². The van der Waals surface area contributed by atoms with Crippen LogP contribution in [0.1, 0.15) is 0 Å². The van der Waals surface area contributed by atoms with Crippen molar-refractivity contribution in [2.75, 3.05) is 45.9 Å². The van der Waals surface area contributed by atoms with Crippen LogP contribution in [0.4, 0.5) is 0 Å². The topological polar surface area (TPSA) is 139 Å². The first-order chi connectivity index (χ1) is 8.85. The first-order valence-electron chi connectivity index (χ1n) is 5.56. The quantitative estimate of drug-likeness (QED) is 0.285. The van der Waals surface area contributed by atoms with E-state index >= 15 is 0 Å². The predicted molar refractivity (Wildman–Crippen MR) is 77.2 cm³/mol. The number of aliphatic hydroxyl groups is 1. The van der Waals surface area contributed by atoms with Gasteiger partial charge < -0.3 is 20.4 Å². The first-order valence-corrected chi connectivity index (χ1v) is 5.56. The minimum absolute atomic E-state index is 0. The molecule has 0 aliphatic heterocycles. The maximum atomic E-state index is 10.6. The van der Waals surface area contributed by atoms with Crippen molar-refractivity contribution < 1.29 is 34.8 Å². The summed E-state index contributed by atoms with van der Waals surface area (Å²) in [6.07, 6.45) is 0. The standard InChI is InChI=1S/C10H18N2O7.2Na.2H/c13-4-3-11(5-8(14)15)1-2-12(6-9(16)17)7-10(18)19;;;;/h13H,1-7H2,(H,14,15)(H,16,17)(H,18,19);;;;. The second-order valence-corrected chi connectivity index (χ2v) is 3.89. The van der Waals surface area contributed by atoms with Crippen LogP contribution in [0.15, 0.2) is 0 Å². The number of nitrogens with zero attached hydrogens (tertiary/aromatic N) is 2. The number of carbonyl (C=O) groups is 3. The molecule has 0 aromatic carbocycles. The fraction of sp³-hybridized carbons (Fsp3) is 0.700. The SMILES string of the molecule is O=C(O)CN(CCO)CCN(CC(=O)O)CC(=O)O.[NaH].[NaH]. The molecule has 0 saturated heterocycles. The summed E-state index contributed by atoms with van der Waals surface area (Å²) in [7, 11) is 0. The Bertz CT molecular complexity index is 315. The van der Waals surface area contributed by atoms with Crippen LogP contribution in [0.3, 0.4) is 0 Å². The van der Waals surface area contributed by atoms with Crippen LogP contribution >= 0.6 is 0 Å². The molecule has 21 heavy (non-hydrogen) atoms. The van der Waals surface area contributed by atoms with Crippen LogP contribution in [0, 0.1) is 0 Å². The summed E-state index contributed by atoms with van der Waals surface area (Å²) in [5, 5.41) is 34.7. The molecule has 0 spiro atoms. The molecule has 0 atom stereocenters. The maximum absolute atomic E-state index is 10.6. The normalized spacial score (nSPS) is 9.86. The van der Waals surface area contributed by atoms with Gasteiger partial charge in [0, 0.05) is 19.6 Å². The van der Waals surface area contributed by atoms with Crippen molar-refractivity contribution in [1.29, 1.82) is 0 Å². The Hall–Kier alpha value is 0.290. The van der Waals surface area contributed by atoms with Gasteiger partial charge in [-0.3, -0.25) is 24.2 Å². The average Bonchev–Trinajstić information content (AvgIpc) is 2.23. The molecule has 0 saturated carbocycles. The number of hydrogen-bond donors (Lipinski definition) is 4. The molecule has 4 N–H and O–H groups in total. The van der Waals surface area contributed by atoms with E-state index in [0.717, 1.165) is 0 Å². The summed E-state index contributed by atoms with van der Waals surface area (Å²) in [5.41, 5.74) is 0. The molecule has 0 bridgehead atoms. The van der Waals surface area contributed by atoms with Crippen LogP contribution in [0.5, 0.6) is 0 Å². The van der Waals surface area contributed by atoms with E-state index in [9.17, 15) is 14.4 Å². The zero-order valence-corrected chi connectivity index (χ0v) is 10.4. The third kappa shape index (κ3) is 16.5. The van der Waals surface area contributed by atoms with Gasteiger partial charge in [-0.25, -0.2) is 0 Å². The van der Waals surface area contributed by atoms with Crippen molar-refractivity contribution in [3.05, 3.63) is 0 Å². The van der Waals surface area contributed by atoms with Gasteiger partial charge in [0.25, 0.3) is 0 Å². The second kappa shape index (κ2) is 15.2. The molecule has 0 heterocycles. The number of hydrogen-bond acceptors (Lipinski definition) is 6. The third-order valence-electron chi connectivity index (χ3n) is 2.23. The number of carboxylic acids is 3. The van der Waals surface area contributed by atoms with Gasteiger partial charge >= 0.3 is 77.0 Å². The molecule has 0 aliphatic rings. The molecule has 0 unspecified atom stereocenters. The van der Waals surface area contributed by atoms with Crippen molar-refractivity contribution in [3.8, 4) is 0 Å². The van der Waals surface area contributed by atoms with E-state index in [4.69, 9.17) is 20.4 Å². The van der Waals surface area contributed by atoms with E-state index in [1.54, 1.807) is 0 Å². The van der Waals surface area contributed by atoms with Crippen LogP contribution in [0.2, 0.25) is 0 Å². The van der Waals surface area contributed by atoms with Gasteiger partial charge in [0.2, 0.25) is 0 Å². The van der Waals surface area contributed by atoms with Gasteiger partial charge in [0.05, 0.1) is 26.2 Å². The van der Waals surface area contributed by atoms with Crippen molar-refractivity contribution in [2.45, 2.75) is 0 Å². The summed E-state index contributed by atoms with van der Waals surface area (Å²) < 4.78 is 0. The molecule has 9 nitrogen and oxygen atoms in total. The van der Waals surface area contributed by atoms with E-state index in [1.807, 2.05) is 0 Å². The Morgan fingerprint density at radius 1 is 0.667 bits per heavy atom. The molecule has 0 aromatic heterocycles. The Morgan fingerprint density at radius 2 is 1.00 bits per heavy atom. The van der Waals surface area contributed by atoms with Gasteiger partial charge in [0.1, 0.15) is 0 Å². The summed E-state index contributed by atoms with van der Waals surface area (Å²) in [4.78, 5) is 34.3. The van der Waals surface area contributed by atoms with Crippen molar-refractivity contribution in [1.82, 2.24) is 9.80 Å². The third-order valence-corrected chi connectivity index (χ3v) is 2.23. The zero-order valence-electron chi connectivity index (χ0n) is 10.4. The predicted octanol–water partition coefficient (Wildman–Crippen LogP) is -3.46. The van der Waals surface area contributed by atoms with Crippen LogP contribution < -0.4 is 0 Å². The van der Waals surface area contributed by atoms with Crippen molar-refractivity contribution in [3.63, 3.8) is 0 Å². The Balaban J connectivity index is -0.00000162. The monoisotopic (exact) mass is 326 g/mol. The summed E-state index contributed by atoms with van der Waals surface area (Å²) >= 11 is 0. The number of rotatable bonds is 11. The summed E-state index contributed by atoms with van der Waals surface area (Å²) in [6.45, 7) is -1.03. The number of aliphatic carboxylic acids is 3. The Labute approximate surface area is 166 Å². The molecule has 0 aromatic rings. The van der Waals surface area contributed by atoms with E-state index in [-0.39, 0.29) is 91.9 Å². The molecular formula is C10H20N2Na2O7. The minimum atomic E-state index is -1.16. The molecule has 11 heteroatoms. The Kier molecular flexibility index (Phi) is 19.0. The van der Waals surface area contributed by atoms with Gasteiger partial charge in [-0.15, -0.1) is 0 Å². The molecule has 0 rings (SSSR count). The van der Waals surface area contributed by atoms with E-state index in [1.165, 1.54) is 9.80 Å². The molecule has 0 amide bonds. The summed E-state index contributed by atoms with van der Waals surface area (Å²) in [6, 6.07) is 0. The molecule has 114 valence electrons. The number of carboxylic acid groups (broad SMARTS) is 3. The van der Waals surface area contributed by atoms with Crippen LogP contribution in [0.25, 0.3) is 0 Å². The Morgan fingerprint density at radius 3 is 1.33 bits per heavy atom. The van der Waals surface area contributed by atoms with E-state index in [0.29, 0.717) is 0 Å². The fourth-order valence-electron chi connectivity index (χ4n) is 1.48. The van der Waals surface area contributed by atoms with Crippen LogP contribution in [-0.4, -0.2) is 153 Å². The zero-order chi connectivity index (χ0) is 14.8. The molecule has 0 fully saturated rings. The molecular weight excluding hydrogens is 306 g/mol. The van der Waals surface area contributed by atoms with Crippen LogP contribution in [-0.2, 0) is 14.4 Å². The van der Waals surface area contributed by atoms with E-state index in [2.05, 4.69) is 0 Å². The summed E-state index contributed by atoms with van der Waals surface area (Å²) in [5.74, 6) is -3.39. The van der Waals surface area contributed by atoms with Gasteiger partial charge in [-0.2, -0.15) is 0 Å². The average molecular weight is 326 g/mol. The molecule has 0 radical (unpaired) electrons. The number of aliphatic hydroxyl groups excluding tert-OH is 1. The van der Waals surface area contributed by atoms with Crippen molar-refractivity contribution in [2.24, 2.45) is 0 Å². The fourth-order valence-corrected chi connectivity index (χ4v) is 1.48. The van der Waals surface area contributed by atoms with Crippen molar-refractivity contribution >= 4 is 77.0 Å².